The highest BCUT2D eigenvalue weighted by atomic mass is 19.1. The molecule has 0 bridgehead atoms. The van der Waals surface area contributed by atoms with Gasteiger partial charge in [0.1, 0.15) is 11.6 Å². The molecule has 98 valence electrons. The normalized spacial score (nSPS) is 10.3. The molecule has 1 N–H and O–H groups in total. The zero-order chi connectivity index (χ0) is 14.0. The van der Waals surface area contributed by atoms with Crippen molar-refractivity contribution < 1.29 is 18.0 Å². The van der Waals surface area contributed by atoms with Crippen molar-refractivity contribution in [2.45, 2.75) is 6.92 Å². The lowest BCUT2D eigenvalue weighted by atomic mass is 10.2. The molecule has 0 radical (unpaired) electrons. The van der Waals surface area contributed by atoms with Crippen molar-refractivity contribution in [3.8, 4) is 0 Å². The van der Waals surface area contributed by atoms with Gasteiger partial charge < -0.3 is 5.32 Å². The first-order valence-electron chi connectivity index (χ1n) is 5.35. The highest BCUT2D eigenvalue weighted by Crippen LogP contribution is 2.20. The Morgan fingerprint density at radius 1 is 1.16 bits per heavy atom. The number of carbonyl (C=O) groups excluding carboxylic acids is 1. The minimum atomic E-state index is -0.873. The third-order valence-electron chi connectivity index (χ3n) is 2.51. The number of anilines is 1. The fourth-order valence-electron chi connectivity index (χ4n) is 1.49. The van der Waals surface area contributed by atoms with Gasteiger partial charge in [-0.3, -0.25) is 9.78 Å². The van der Waals surface area contributed by atoms with Gasteiger partial charge >= 0.3 is 0 Å². The number of carbonyl (C=O) groups is 1. The van der Waals surface area contributed by atoms with Crippen LogP contribution in [0.5, 0.6) is 0 Å². The molecule has 0 aliphatic rings. The van der Waals surface area contributed by atoms with Crippen LogP contribution in [0.15, 0.2) is 30.6 Å². The van der Waals surface area contributed by atoms with Crippen LogP contribution in [0.25, 0.3) is 0 Å². The van der Waals surface area contributed by atoms with Crippen molar-refractivity contribution in [1.82, 2.24) is 4.98 Å². The largest absolute Gasteiger partial charge is 0.319 e. The van der Waals surface area contributed by atoms with E-state index in [4.69, 9.17) is 0 Å². The highest BCUT2D eigenvalue weighted by molar-refractivity contribution is 6.04. The zero-order valence-corrected chi connectivity index (χ0v) is 9.88. The molecular weight excluding hydrogens is 257 g/mol. The molecule has 1 aromatic carbocycles. The van der Waals surface area contributed by atoms with Gasteiger partial charge in [0.25, 0.3) is 5.91 Å². The van der Waals surface area contributed by atoms with Gasteiger partial charge in [-0.05, 0) is 24.6 Å². The van der Waals surface area contributed by atoms with Crippen molar-refractivity contribution in [1.29, 1.82) is 0 Å². The monoisotopic (exact) mass is 266 g/mol. The molecular formula is C13H9F3N2O. The van der Waals surface area contributed by atoms with E-state index >= 15 is 0 Å². The molecule has 0 aliphatic carbocycles. The molecule has 0 saturated carbocycles. The Morgan fingerprint density at radius 3 is 2.58 bits per heavy atom. The maximum atomic E-state index is 13.5. The molecule has 0 spiro atoms. The third-order valence-corrected chi connectivity index (χ3v) is 2.51. The smallest absolute Gasteiger partial charge is 0.258 e. The molecule has 19 heavy (non-hydrogen) atoms. The van der Waals surface area contributed by atoms with Crippen LogP contribution >= 0.6 is 0 Å². The van der Waals surface area contributed by atoms with Crippen molar-refractivity contribution in [3.05, 3.63) is 59.2 Å². The minimum absolute atomic E-state index is 0.116. The highest BCUT2D eigenvalue weighted by Gasteiger charge is 2.14. The van der Waals surface area contributed by atoms with E-state index in [1.165, 1.54) is 13.1 Å². The Hall–Kier alpha value is -2.37. The summed E-state index contributed by atoms with van der Waals surface area (Å²) in [6, 6.07) is 2.95. The van der Waals surface area contributed by atoms with E-state index in [0.29, 0.717) is 0 Å². The molecule has 1 amide bonds. The number of halogens is 3. The summed E-state index contributed by atoms with van der Waals surface area (Å²) in [6.07, 6.45) is 2.09. The Balaban J connectivity index is 2.30. The predicted octanol–water partition coefficient (Wildman–Crippen LogP) is 3.06. The number of hydrogen-bond donors (Lipinski definition) is 1. The molecule has 0 aliphatic heterocycles. The van der Waals surface area contributed by atoms with Gasteiger partial charge in [-0.25, -0.2) is 13.2 Å². The maximum absolute atomic E-state index is 13.5. The van der Waals surface area contributed by atoms with Crippen molar-refractivity contribution in [3.63, 3.8) is 0 Å². The average Bonchev–Trinajstić information content (AvgIpc) is 2.36. The molecule has 6 heteroatoms. The van der Waals surface area contributed by atoms with Gasteiger partial charge in [-0.15, -0.1) is 0 Å². The third kappa shape index (κ3) is 2.73. The summed E-state index contributed by atoms with van der Waals surface area (Å²) in [6.45, 7) is 1.40. The number of amides is 1. The summed E-state index contributed by atoms with van der Waals surface area (Å²) >= 11 is 0. The number of benzene rings is 1. The van der Waals surface area contributed by atoms with Gasteiger partial charge in [-0.2, -0.15) is 0 Å². The lowest BCUT2D eigenvalue weighted by Gasteiger charge is -2.08. The summed E-state index contributed by atoms with van der Waals surface area (Å²) in [5, 5.41) is 2.11. The van der Waals surface area contributed by atoms with E-state index in [9.17, 15) is 18.0 Å². The maximum Gasteiger partial charge on any atom is 0.258 e. The molecule has 0 unspecified atom stereocenters. The van der Waals surface area contributed by atoms with Crippen molar-refractivity contribution in [2.75, 3.05) is 5.32 Å². The predicted molar refractivity (Wildman–Crippen MR) is 63.2 cm³/mol. The topological polar surface area (TPSA) is 42.0 Å². The van der Waals surface area contributed by atoms with E-state index in [0.717, 1.165) is 24.4 Å². The average molecular weight is 266 g/mol. The van der Waals surface area contributed by atoms with Crippen molar-refractivity contribution >= 4 is 11.6 Å². The van der Waals surface area contributed by atoms with Crippen LogP contribution in [0.2, 0.25) is 0 Å². The summed E-state index contributed by atoms with van der Waals surface area (Å²) in [4.78, 5) is 15.2. The molecule has 2 aromatic rings. The zero-order valence-electron chi connectivity index (χ0n) is 9.88. The van der Waals surface area contributed by atoms with Crippen LogP contribution in [0.4, 0.5) is 18.9 Å². The summed E-state index contributed by atoms with van der Waals surface area (Å²) < 4.78 is 40.1. The number of nitrogens with one attached hydrogen (secondary N) is 1. The Bertz CT molecular complexity index is 644. The number of nitrogens with zero attached hydrogens (tertiary/aromatic N) is 1. The second kappa shape index (κ2) is 5.09. The van der Waals surface area contributed by atoms with Crippen LogP contribution in [0, 0.1) is 24.4 Å². The van der Waals surface area contributed by atoms with Gasteiger partial charge in [0.15, 0.2) is 5.82 Å². The van der Waals surface area contributed by atoms with E-state index in [2.05, 4.69) is 10.3 Å². The summed E-state index contributed by atoms with van der Waals surface area (Å²) in [5.74, 6) is -3.16. The molecule has 2 rings (SSSR count). The van der Waals surface area contributed by atoms with Crippen molar-refractivity contribution in [2.24, 2.45) is 0 Å². The molecule has 3 nitrogen and oxygen atoms in total. The Kier molecular flexibility index (Phi) is 3.50. The van der Waals surface area contributed by atoms with E-state index < -0.39 is 23.4 Å². The summed E-state index contributed by atoms with van der Waals surface area (Å²) in [5.41, 5.74) is -0.523. The number of aromatic nitrogens is 1. The second-order valence-electron chi connectivity index (χ2n) is 3.89. The number of hydrogen-bond acceptors (Lipinski definition) is 2. The van der Waals surface area contributed by atoms with Gasteiger partial charge in [0.2, 0.25) is 0 Å². The van der Waals surface area contributed by atoms with Crippen LogP contribution in [-0.2, 0) is 0 Å². The fraction of sp³-hybridized carbons (Fsp3) is 0.0769. The van der Waals surface area contributed by atoms with Gasteiger partial charge in [0, 0.05) is 12.3 Å². The molecule has 1 heterocycles. The second-order valence-corrected chi connectivity index (χ2v) is 3.89. The van der Waals surface area contributed by atoms with Crippen LogP contribution < -0.4 is 5.32 Å². The Labute approximate surface area is 107 Å². The molecule has 0 fully saturated rings. The molecule has 0 saturated heterocycles. The van der Waals surface area contributed by atoms with E-state index in [1.54, 1.807) is 0 Å². The number of pyridine rings is 1. The standard InChI is InChI=1S/C13H9F3N2O/c1-7-4-10(15)12(5-9(7)14)18-13(19)8-2-3-17-6-11(8)16/h2-6H,1H3,(H,18,19). The Morgan fingerprint density at radius 2 is 1.89 bits per heavy atom. The first-order chi connectivity index (χ1) is 8.99. The quantitative estimate of drug-likeness (QED) is 0.907. The van der Waals surface area contributed by atoms with Gasteiger partial charge in [-0.1, -0.05) is 0 Å². The summed E-state index contributed by atoms with van der Waals surface area (Å²) in [7, 11) is 0. The van der Waals surface area contributed by atoms with Crippen LogP contribution in [0.3, 0.4) is 0 Å². The molecule has 0 atom stereocenters. The first kappa shape index (κ1) is 13.1. The fourth-order valence-corrected chi connectivity index (χ4v) is 1.49. The number of aryl methyl sites for hydroxylation is 1. The SMILES string of the molecule is Cc1cc(F)c(NC(=O)c2ccncc2F)cc1F. The molecule has 1 aromatic heterocycles. The first-order valence-corrected chi connectivity index (χ1v) is 5.35. The number of rotatable bonds is 2. The van der Waals surface area contributed by atoms with E-state index in [-0.39, 0.29) is 16.8 Å². The van der Waals surface area contributed by atoms with Crippen LogP contribution in [0.1, 0.15) is 15.9 Å². The van der Waals surface area contributed by atoms with Crippen LogP contribution in [-0.4, -0.2) is 10.9 Å². The van der Waals surface area contributed by atoms with E-state index in [1.807, 2.05) is 0 Å². The lowest BCUT2D eigenvalue weighted by molar-refractivity contribution is 0.102. The lowest BCUT2D eigenvalue weighted by Crippen LogP contribution is -2.15. The van der Waals surface area contributed by atoms with Gasteiger partial charge in [0.05, 0.1) is 17.4 Å². The minimum Gasteiger partial charge on any atom is -0.319 e.